The van der Waals surface area contributed by atoms with E-state index in [1.807, 2.05) is 0 Å². The molecule has 0 radical (unpaired) electrons. The third-order valence-electron chi connectivity index (χ3n) is 1.08. The Balaban J connectivity index is 2.38. The molecule has 0 spiro atoms. The maximum atomic E-state index is 10.7. The van der Waals surface area contributed by atoms with E-state index in [1.165, 1.54) is 11.3 Å². The molecule has 0 saturated heterocycles. The van der Waals surface area contributed by atoms with E-state index in [0.717, 1.165) is 5.01 Å². The molecule has 0 aliphatic carbocycles. The summed E-state index contributed by atoms with van der Waals surface area (Å²) in [6.07, 6.45) is 0. The number of thiazole rings is 1. The minimum atomic E-state index is -0.206. The van der Waals surface area contributed by atoms with Crippen molar-refractivity contribution in [1.29, 1.82) is 0 Å². The maximum Gasteiger partial charge on any atom is 0.235 e. The van der Waals surface area contributed by atoms with E-state index in [0.29, 0.717) is 11.7 Å². The van der Waals surface area contributed by atoms with E-state index >= 15 is 0 Å². The van der Waals surface area contributed by atoms with Crippen LogP contribution in [0.4, 0.5) is 0 Å². The number of hydrogen-bond acceptors (Lipinski definition) is 3. The van der Waals surface area contributed by atoms with E-state index in [1.54, 1.807) is 5.38 Å². The number of halogens is 2. The summed E-state index contributed by atoms with van der Waals surface area (Å²) in [5, 5.41) is 5.52. The number of rotatable bonds is 3. The average Bonchev–Trinajstić information content (AvgIpc) is 2.47. The van der Waals surface area contributed by atoms with Crippen LogP contribution in [-0.2, 0) is 11.3 Å². The molecule has 0 fully saturated rings. The van der Waals surface area contributed by atoms with Gasteiger partial charge in [0.25, 0.3) is 0 Å². The van der Waals surface area contributed by atoms with Gasteiger partial charge in [-0.15, -0.1) is 22.9 Å². The highest BCUT2D eigenvalue weighted by Crippen LogP contribution is 2.13. The third-order valence-corrected chi connectivity index (χ3v) is 2.50. The first-order valence-corrected chi connectivity index (χ1v) is 4.94. The quantitative estimate of drug-likeness (QED) is 0.794. The lowest BCUT2D eigenvalue weighted by molar-refractivity contribution is -0.118. The molecule has 0 aromatic carbocycles. The van der Waals surface area contributed by atoms with E-state index < -0.39 is 0 Å². The topological polar surface area (TPSA) is 42.0 Å². The molecule has 0 aliphatic rings. The first kappa shape index (κ1) is 9.77. The van der Waals surface area contributed by atoms with Crippen molar-refractivity contribution in [2.45, 2.75) is 6.54 Å². The lowest BCUT2D eigenvalue weighted by Gasteiger charge is -1.97. The SMILES string of the molecule is O=C(CCl)NCc1nc(Cl)cs1. The average molecular weight is 225 g/mol. The van der Waals surface area contributed by atoms with Gasteiger partial charge in [-0.25, -0.2) is 4.98 Å². The van der Waals surface area contributed by atoms with Crippen LogP contribution < -0.4 is 5.32 Å². The monoisotopic (exact) mass is 224 g/mol. The molecule has 1 N–H and O–H groups in total. The summed E-state index contributed by atoms with van der Waals surface area (Å²) in [5.41, 5.74) is 0. The van der Waals surface area contributed by atoms with Crippen molar-refractivity contribution >= 4 is 40.4 Å². The Bertz CT molecular complexity index is 276. The van der Waals surface area contributed by atoms with Crippen LogP contribution in [0.1, 0.15) is 5.01 Å². The van der Waals surface area contributed by atoms with Crippen LogP contribution in [0, 0.1) is 0 Å². The summed E-state index contributed by atoms with van der Waals surface area (Å²) in [5.74, 6) is -0.234. The molecule has 1 aromatic rings. The van der Waals surface area contributed by atoms with Gasteiger partial charge in [0.1, 0.15) is 16.0 Å². The van der Waals surface area contributed by atoms with Crippen molar-refractivity contribution in [1.82, 2.24) is 10.3 Å². The second-order valence-corrected chi connectivity index (χ2v) is 3.57. The molecular weight excluding hydrogens is 219 g/mol. The van der Waals surface area contributed by atoms with Crippen molar-refractivity contribution in [3.05, 3.63) is 15.5 Å². The Morgan fingerprint density at radius 3 is 3.00 bits per heavy atom. The van der Waals surface area contributed by atoms with Crippen LogP contribution in [0.2, 0.25) is 5.15 Å². The maximum absolute atomic E-state index is 10.7. The van der Waals surface area contributed by atoms with Gasteiger partial charge in [0.2, 0.25) is 5.91 Å². The number of amides is 1. The van der Waals surface area contributed by atoms with Gasteiger partial charge in [-0.1, -0.05) is 11.6 Å². The smallest absolute Gasteiger partial charge is 0.235 e. The van der Waals surface area contributed by atoms with Crippen LogP contribution in [0.25, 0.3) is 0 Å². The number of nitrogens with zero attached hydrogens (tertiary/aromatic N) is 1. The molecule has 0 unspecified atom stereocenters. The van der Waals surface area contributed by atoms with Gasteiger partial charge in [-0.05, 0) is 0 Å². The molecule has 3 nitrogen and oxygen atoms in total. The largest absolute Gasteiger partial charge is 0.349 e. The minimum absolute atomic E-state index is 0.0287. The highest BCUT2D eigenvalue weighted by atomic mass is 35.5. The molecule has 12 heavy (non-hydrogen) atoms. The zero-order valence-corrected chi connectivity index (χ0v) is 8.34. The van der Waals surface area contributed by atoms with Crippen LogP contribution in [-0.4, -0.2) is 16.8 Å². The van der Waals surface area contributed by atoms with Crippen molar-refractivity contribution in [2.24, 2.45) is 0 Å². The molecule has 0 atom stereocenters. The fourth-order valence-electron chi connectivity index (χ4n) is 0.591. The predicted octanol–water partition coefficient (Wildman–Crippen LogP) is 1.65. The molecule has 0 bridgehead atoms. The fraction of sp³-hybridized carbons (Fsp3) is 0.333. The zero-order chi connectivity index (χ0) is 8.97. The van der Waals surface area contributed by atoms with Gasteiger partial charge in [0, 0.05) is 5.38 Å². The lowest BCUT2D eigenvalue weighted by atomic mass is 10.6. The molecule has 6 heteroatoms. The van der Waals surface area contributed by atoms with E-state index in [9.17, 15) is 4.79 Å². The molecule has 0 saturated carbocycles. The highest BCUT2D eigenvalue weighted by Gasteiger charge is 2.01. The van der Waals surface area contributed by atoms with E-state index in [-0.39, 0.29) is 11.8 Å². The molecule has 1 rings (SSSR count). The molecule has 0 aliphatic heterocycles. The summed E-state index contributed by atoms with van der Waals surface area (Å²) >= 11 is 12.2. The van der Waals surface area contributed by atoms with Crippen molar-refractivity contribution < 1.29 is 4.79 Å². The minimum Gasteiger partial charge on any atom is -0.349 e. The second-order valence-electron chi connectivity index (χ2n) is 1.97. The fourth-order valence-corrected chi connectivity index (χ4v) is 1.56. The van der Waals surface area contributed by atoms with Crippen molar-refractivity contribution in [2.75, 3.05) is 5.88 Å². The third kappa shape index (κ3) is 2.97. The summed E-state index contributed by atoms with van der Waals surface area (Å²) in [6, 6.07) is 0. The van der Waals surface area contributed by atoms with E-state index in [4.69, 9.17) is 23.2 Å². The summed E-state index contributed by atoms with van der Waals surface area (Å²) < 4.78 is 0. The number of carbonyl (C=O) groups excluding carboxylic acids is 1. The van der Waals surface area contributed by atoms with Crippen LogP contribution in [0.3, 0.4) is 0 Å². The lowest BCUT2D eigenvalue weighted by Crippen LogP contribution is -2.23. The standard InChI is InChI=1S/C6H6Cl2N2OS/c7-1-5(11)9-2-6-10-4(8)3-12-6/h3H,1-2H2,(H,9,11). The summed E-state index contributed by atoms with van der Waals surface area (Å²) in [7, 11) is 0. The van der Waals surface area contributed by atoms with Crippen LogP contribution >= 0.6 is 34.5 Å². The Hall–Kier alpha value is -0.320. The Labute approximate surface area is 83.7 Å². The van der Waals surface area contributed by atoms with Gasteiger partial charge in [0.05, 0.1) is 6.54 Å². The van der Waals surface area contributed by atoms with Crippen molar-refractivity contribution in [3.63, 3.8) is 0 Å². The van der Waals surface area contributed by atoms with Gasteiger partial charge in [-0.2, -0.15) is 0 Å². The molecule has 1 heterocycles. The van der Waals surface area contributed by atoms with Gasteiger partial charge < -0.3 is 5.32 Å². The molecule has 1 aromatic heterocycles. The normalized spacial score (nSPS) is 9.83. The Kier molecular flexibility index (Phi) is 3.78. The van der Waals surface area contributed by atoms with Crippen LogP contribution in [0.5, 0.6) is 0 Å². The van der Waals surface area contributed by atoms with Crippen molar-refractivity contribution in [3.8, 4) is 0 Å². The second kappa shape index (κ2) is 4.64. The predicted molar refractivity (Wildman–Crippen MR) is 49.7 cm³/mol. The van der Waals surface area contributed by atoms with E-state index in [2.05, 4.69) is 10.3 Å². The van der Waals surface area contributed by atoms with Crippen LogP contribution in [0.15, 0.2) is 5.38 Å². The molecular formula is C6H6Cl2N2OS. The van der Waals surface area contributed by atoms with Gasteiger partial charge >= 0.3 is 0 Å². The van der Waals surface area contributed by atoms with Gasteiger partial charge in [0.15, 0.2) is 0 Å². The number of alkyl halides is 1. The molecule has 66 valence electrons. The summed E-state index contributed by atoms with van der Waals surface area (Å²) in [6.45, 7) is 0.392. The number of nitrogens with one attached hydrogen (secondary N) is 1. The first-order valence-electron chi connectivity index (χ1n) is 3.15. The Morgan fingerprint density at radius 2 is 2.50 bits per heavy atom. The van der Waals surface area contributed by atoms with Gasteiger partial charge in [-0.3, -0.25) is 4.79 Å². The number of carbonyl (C=O) groups is 1. The zero-order valence-electron chi connectivity index (χ0n) is 6.01. The number of aromatic nitrogens is 1. The molecule has 1 amide bonds. The highest BCUT2D eigenvalue weighted by molar-refractivity contribution is 7.10. The first-order chi connectivity index (χ1) is 5.72. The summed E-state index contributed by atoms with van der Waals surface area (Å²) in [4.78, 5) is 14.6. The Morgan fingerprint density at radius 1 is 1.75 bits per heavy atom. The number of hydrogen-bond donors (Lipinski definition) is 1.